The maximum atomic E-state index is 13.6. The van der Waals surface area contributed by atoms with Gasteiger partial charge in [0.1, 0.15) is 29.4 Å². The average molecular weight is 803 g/mol. The number of rotatable bonds is 13. The molecule has 0 saturated carbocycles. The molecule has 2 fully saturated rings. The zero-order valence-corrected chi connectivity index (χ0v) is 36.4. The predicted octanol–water partition coefficient (Wildman–Crippen LogP) is 8.31. The van der Waals surface area contributed by atoms with Gasteiger partial charge in [0.05, 0.1) is 39.1 Å². The summed E-state index contributed by atoms with van der Waals surface area (Å²) in [6, 6.07) is 25.2. The van der Waals surface area contributed by atoms with E-state index in [9.17, 15) is 9.59 Å². The molecule has 0 amide bonds. The van der Waals surface area contributed by atoms with Gasteiger partial charge in [0, 0.05) is 12.6 Å². The minimum atomic E-state index is -2.90. The first-order valence-corrected chi connectivity index (χ1v) is 23.6. The first kappa shape index (κ1) is 41.8. The number of methoxy groups -OCH3 is 2. The molecule has 3 atom stereocenters. The number of aromatic amines is 1. The van der Waals surface area contributed by atoms with Gasteiger partial charge < -0.3 is 31.9 Å². The van der Waals surface area contributed by atoms with Crippen LogP contribution in [0.1, 0.15) is 90.3 Å². The molecule has 0 spiro atoms. The van der Waals surface area contributed by atoms with Crippen LogP contribution in [0.15, 0.2) is 94.6 Å². The fourth-order valence-corrected chi connectivity index (χ4v) is 19.6. The van der Waals surface area contributed by atoms with E-state index in [0.717, 1.165) is 16.7 Å². The summed E-state index contributed by atoms with van der Waals surface area (Å²) in [5.74, 6) is 1.39. The van der Waals surface area contributed by atoms with Crippen molar-refractivity contribution in [3.05, 3.63) is 128 Å². The van der Waals surface area contributed by atoms with Crippen LogP contribution in [0.2, 0.25) is 22.2 Å². The Morgan fingerprint density at radius 2 is 1.25 bits per heavy atom. The summed E-state index contributed by atoms with van der Waals surface area (Å²) < 4.78 is 47.6. The van der Waals surface area contributed by atoms with E-state index in [4.69, 9.17) is 31.9 Å². The predicted molar refractivity (Wildman–Crippen MR) is 221 cm³/mol. The Morgan fingerprint density at radius 1 is 0.732 bits per heavy atom. The van der Waals surface area contributed by atoms with Gasteiger partial charge in [0.25, 0.3) is 5.56 Å². The smallest absolute Gasteiger partial charge is 0.335 e. The van der Waals surface area contributed by atoms with Crippen molar-refractivity contribution >= 4 is 17.1 Å². The third-order valence-corrected chi connectivity index (χ3v) is 21.8. The second-order valence-corrected chi connectivity index (χ2v) is 25.0. The Hall–Kier alpha value is -3.83. The molecule has 2 aliphatic rings. The molecule has 302 valence electrons. The number of aromatic nitrogens is 2. The first-order chi connectivity index (χ1) is 26.7. The van der Waals surface area contributed by atoms with Gasteiger partial charge in [-0.1, -0.05) is 110 Å². The summed E-state index contributed by atoms with van der Waals surface area (Å²) in [4.78, 5) is 29.8. The zero-order chi connectivity index (χ0) is 40.4. The van der Waals surface area contributed by atoms with Crippen molar-refractivity contribution in [2.75, 3.05) is 20.8 Å². The third-order valence-electron chi connectivity index (χ3n) is 11.5. The molecule has 56 heavy (non-hydrogen) atoms. The van der Waals surface area contributed by atoms with Gasteiger partial charge in [-0.15, -0.1) is 0 Å². The lowest BCUT2D eigenvalue weighted by atomic mass is 9.80. The molecule has 4 aromatic rings. The largest absolute Gasteiger partial charge is 0.497 e. The molecule has 0 bridgehead atoms. The SMILES string of the molecule is COc1ccc(C(OCc2cn([C@H]3C[C@@H]4O[Si](C(C)C)(C(C)C)O[Si](C(C)C)(C(C)C)OC[C@H]4O3)c(=O)[nH]c2=O)(c2ccccc2)c2ccc(OC)cc2)cc1. The summed E-state index contributed by atoms with van der Waals surface area (Å²) >= 11 is 0. The lowest BCUT2D eigenvalue weighted by molar-refractivity contribution is -0.0569. The van der Waals surface area contributed by atoms with E-state index in [1.165, 1.54) is 4.57 Å². The highest BCUT2D eigenvalue weighted by atomic mass is 28.5. The van der Waals surface area contributed by atoms with Crippen molar-refractivity contribution in [2.24, 2.45) is 0 Å². The Labute approximate surface area is 332 Å². The molecule has 13 heteroatoms. The van der Waals surface area contributed by atoms with E-state index in [2.05, 4.69) is 60.4 Å². The highest BCUT2D eigenvalue weighted by Crippen LogP contribution is 2.48. The maximum absolute atomic E-state index is 13.6. The van der Waals surface area contributed by atoms with Gasteiger partial charge in [-0.05, 0) is 63.1 Å². The summed E-state index contributed by atoms with van der Waals surface area (Å²) in [5, 5.41) is 0. The van der Waals surface area contributed by atoms with Gasteiger partial charge in [-0.25, -0.2) is 4.79 Å². The Balaban J connectivity index is 1.38. The van der Waals surface area contributed by atoms with E-state index in [-0.39, 0.29) is 40.4 Å². The fraction of sp³-hybridized carbons (Fsp3) is 0.488. The number of hydrogen-bond donors (Lipinski definition) is 1. The van der Waals surface area contributed by atoms with Crippen LogP contribution in [0.4, 0.5) is 0 Å². The number of nitrogens with zero attached hydrogens (tertiary/aromatic N) is 1. The van der Waals surface area contributed by atoms with E-state index >= 15 is 0 Å². The molecule has 0 aliphatic carbocycles. The van der Waals surface area contributed by atoms with E-state index in [1.807, 2.05) is 78.9 Å². The van der Waals surface area contributed by atoms with Crippen molar-refractivity contribution in [1.29, 1.82) is 0 Å². The number of H-pyrrole nitrogens is 1. The molecule has 0 unspecified atom stereocenters. The van der Waals surface area contributed by atoms with Gasteiger partial charge in [-0.2, -0.15) is 0 Å². The topological polar surface area (TPSA) is 119 Å². The van der Waals surface area contributed by atoms with Gasteiger partial charge in [0.15, 0.2) is 0 Å². The van der Waals surface area contributed by atoms with E-state index < -0.39 is 46.3 Å². The number of nitrogens with one attached hydrogen (secondary N) is 1. The van der Waals surface area contributed by atoms with Crippen LogP contribution in [0.3, 0.4) is 0 Å². The molecule has 3 heterocycles. The van der Waals surface area contributed by atoms with Crippen LogP contribution in [0.5, 0.6) is 11.5 Å². The van der Waals surface area contributed by atoms with Crippen molar-refractivity contribution < 1.29 is 31.9 Å². The second-order valence-electron chi connectivity index (χ2n) is 16.1. The van der Waals surface area contributed by atoms with Crippen molar-refractivity contribution in [1.82, 2.24) is 9.55 Å². The van der Waals surface area contributed by atoms with Crippen LogP contribution in [0.25, 0.3) is 0 Å². The summed E-state index contributed by atoms with van der Waals surface area (Å²) in [6.45, 7) is 17.6. The molecule has 1 aromatic heterocycles. The van der Waals surface area contributed by atoms with Crippen molar-refractivity contribution in [2.45, 2.75) is 115 Å². The minimum Gasteiger partial charge on any atom is -0.497 e. The molecule has 6 rings (SSSR count). The van der Waals surface area contributed by atoms with Crippen molar-refractivity contribution in [3.8, 4) is 11.5 Å². The standard InChI is InChI=1S/C43H58N2O9Si2/c1-28(2)55(29(3)4)51-27-39-38(53-56(54-55,30(5)6)31(7)8)24-40(52-39)45-25-32(41(46)44-42(45)47)26-50-43(33-14-12-11-13-15-33,34-16-20-36(48-9)21-17-34)35-18-22-37(49-10)23-19-35/h11-23,25,28-31,38-40H,24,26-27H2,1-10H3,(H,44,46,47)/t38-,39+,40+/m0/s1. The summed E-state index contributed by atoms with van der Waals surface area (Å²) in [5.41, 5.74) is 1.14. The van der Waals surface area contributed by atoms with Crippen LogP contribution in [-0.4, -0.2) is 59.7 Å². The van der Waals surface area contributed by atoms with Crippen LogP contribution < -0.4 is 20.7 Å². The molecule has 0 radical (unpaired) electrons. The minimum absolute atomic E-state index is 0.136. The molecule has 2 saturated heterocycles. The molecular formula is C43H58N2O9Si2. The fourth-order valence-electron chi connectivity index (χ4n) is 8.41. The number of ether oxygens (including phenoxy) is 4. The van der Waals surface area contributed by atoms with Crippen LogP contribution in [-0.2, 0) is 34.6 Å². The van der Waals surface area contributed by atoms with Gasteiger partial charge in [0.2, 0.25) is 0 Å². The number of benzene rings is 3. The lowest BCUT2D eigenvalue weighted by Gasteiger charge is -2.51. The Bertz CT molecular complexity index is 1970. The number of hydrogen-bond acceptors (Lipinski definition) is 9. The van der Waals surface area contributed by atoms with Crippen molar-refractivity contribution in [3.63, 3.8) is 0 Å². The molecule has 3 aromatic carbocycles. The maximum Gasteiger partial charge on any atom is 0.335 e. The highest BCUT2D eigenvalue weighted by Gasteiger charge is 2.60. The quantitative estimate of drug-likeness (QED) is 0.105. The molecule has 11 nitrogen and oxygen atoms in total. The lowest BCUT2D eigenvalue weighted by Crippen LogP contribution is -2.65. The summed E-state index contributed by atoms with van der Waals surface area (Å²) in [6.07, 6.45) is 0.458. The molecule has 1 N–H and O–H groups in total. The Morgan fingerprint density at radius 3 is 1.75 bits per heavy atom. The Kier molecular flexibility index (Phi) is 12.7. The second kappa shape index (κ2) is 17.0. The molecular weight excluding hydrogens is 745 g/mol. The van der Waals surface area contributed by atoms with Crippen LogP contribution in [0, 0.1) is 0 Å². The van der Waals surface area contributed by atoms with E-state index in [0.29, 0.717) is 24.5 Å². The molecule has 2 aliphatic heterocycles. The first-order valence-electron chi connectivity index (χ1n) is 19.7. The van der Waals surface area contributed by atoms with Gasteiger partial charge in [-0.3, -0.25) is 14.3 Å². The summed E-state index contributed by atoms with van der Waals surface area (Å²) in [7, 11) is -2.43. The average Bonchev–Trinajstić information content (AvgIpc) is 3.57. The zero-order valence-electron chi connectivity index (χ0n) is 34.4. The van der Waals surface area contributed by atoms with E-state index in [1.54, 1.807) is 20.4 Å². The normalized spacial score (nSPS) is 20.9. The number of fused-ring (bicyclic) bond motifs is 1. The monoisotopic (exact) mass is 802 g/mol. The van der Waals surface area contributed by atoms with Gasteiger partial charge >= 0.3 is 22.8 Å². The van der Waals surface area contributed by atoms with Crippen LogP contribution >= 0.6 is 0 Å². The highest BCUT2D eigenvalue weighted by molar-refractivity contribution is 6.84. The third kappa shape index (κ3) is 7.74.